The summed E-state index contributed by atoms with van der Waals surface area (Å²) in [5, 5.41) is 14.2. The van der Waals surface area contributed by atoms with Crippen molar-refractivity contribution in [2.24, 2.45) is 5.92 Å². The molecule has 3 N–H and O–H groups in total. The van der Waals surface area contributed by atoms with Crippen LogP contribution in [0.3, 0.4) is 0 Å². The number of nitrogens with one attached hydrogen (secondary N) is 2. The maximum atomic E-state index is 11.5. The molecule has 2 aromatic rings. The maximum Gasteiger partial charge on any atom is 0.230 e. The molecule has 1 aliphatic rings. The summed E-state index contributed by atoms with van der Waals surface area (Å²) in [6, 6.07) is 13.5. The van der Waals surface area contributed by atoms with Crippen LogP contribution < -0.4 is 10.6 Å². The van der Waals surface area contributed by atoms with Crippen LogP contribution in [0.5, 0.6) is 0 Å². The molecule has 0 aromatic heterocycles. The van der Waals surface area contributed by atoms with E-state index in [1.807, 2.05) is 45.0 Å². The fraction of sp³-hybridized carbons (Fsp3) is 0.273. The second-order valence-electron chi connectivity index (χ2n) is 5.76. The molecule has 0 saturated carbocycles. The van der Waals surface area contributed by atoms with Gasteiger partial charge in [0.05, 0.1) is 12.5 Å². The molecule has 0 fully saturated rings. The summed E-state index contributed by atoms with van der Waals surface area (Å²) < 4.78 is 1.13. The lowest BCUT2D eigenvalue weighted by atomic mass is 9.93. The molecule has 1 atom stereocenters. The zero-order valence-electron chi connectivity index (χ0n) is 16.4. The number of anilines is 2. The first-order chi connectivity index (χ1) is 13.6. The summed E-state index contributed by atoms with van der Waals surface area (Å²) in [5.41, 5.74) is 3.54. The average molecular weight is 447 g/mol. The molecule has 2 amide bonds. The Morgan fingerprint density at radius 2 is 1.89 bits per heavy atom. The summed E-state index contributed by atoms with van der Waals surface area (Å²) >= 11 is 3.37. The Balaban J connectivity index is 0.000000281. The average Bonchev–Trinajstić information content (AvgIpc) is 2.71. The lowest BCUT2D eigenvalue weighted by Crippen LogP contribution is -2.32. The van der Waals surface area contributed by atoms with Gasteiger partial charge < -0.3 is 15.7 Å². The highest BCUT2D eigenvalue weighted by Gasteiger charge is 2.25. The smallest absolute Gasteiger partial charge is 0.230 e. The van der Waals surface area contributed by atoms with Gasteiger partial charge in [0.15, 0.2) is 0 Å². The Hall–Kier alpha value is -2.44. The third-order valence-electron chi connectivity index (χ3n) is 3.88. The fourth-order valence-corrected chi connectivity index (χ4v) is 2.80. The van der Waals surface area contributed by atoms with Crippen molar-refractivity contribution >= 4 is 45.7 Å². The largest absolute Gasteiger partial charge is 0.396 e. The molecule has 0 spiro atoms. The van der Waals surface area contributed by atoms with Gasteiger partial charge in [-0.25, -0.2) is 0 Å². The number of carbonyl (C=O) groups is 2. The lowest BCUT2D eigenvalue weighted by molar-refractivity contribution is -0.121. The SMILES string of the molecule is C/C=C/c1ccc(Br)cc1.CC.O=CNc1ccc2c(c1)NC(=O)C(CO)C2. The van der Waals surface area contributed by atoms with Gasteiger partial charge in [-0.15, -0.1) is 0 Å². The molecule has 2 aromatic carbocycles. The standard InChI is InChI=1S/C11H12N2O3.C9H9Br.C2H6/c14-5-8-3-7-1-2-9(12-6-15)4-10(7)13-11(8)16;1-2-3-8-4-6-9(10)7-5-8;1-2/h1-2,4,6,8,14H,3,5H2,(H,12,15)(H,13,16);2-7H,1H3;1-2H3/b;3-2+;. The predicted molar refractivity (Wildman–Crippen MR) is 119 cm³/mol. The van der Waals surface area contributed by atoms with Crippen LogP contribution in [-0.4, -0.2) is 24.0 Å². The van der Waals surface area contributed by atoms with Crippen molar-refractivity contribution in [3.63, 3.8) is 0 Å². The molecule has 0 radical (unpaired) electrons. The van der Waals surface area contributed by atoms with E-state index in [0.717, 1.165) is 10.0 Å². The number of carbonyl (C=O) groups excluding carboxylic acids is 2. The number of aliphatic hydroxyl groups is 1. The van der Waals surface area contributed by atoms with Gasteiger partial charge in [0.25, 0.3) is 0 Å². The maximum absolute atomic E-state index is 11.5. The van der Waals surface area contributed by atoms with E-state index in [0.29, 0.717) is 24.2 Å². The molecule has 150 valence electrons. The Labute approximate surface area is 175 Å². The zero-order valence-corrected chi connectivity index (χ0v) is 18.0. The quantitative estimate of drug-likeness (QED) is 0.586. The highest BCUT2D eigenvalue weighted by Crippen LogP contribution is 2.28. The highest BCUT2D eigenvalue weighted by molar-refractivity contribution is 9.10. The minimum atomic E-state index is -0.377. The molecule has 6 heteroatoms. The summed E-state index contributed by atoms with van der Waals surface area (Å²) in [4.78, 5) is 21.8. The number of halogens is 1. The minimum absolute atomic E-state index is 0.153. The number of hydrogen-bond acceptors (Lipinski definition) is 3. The Bertz CT molecular complexity index is 789. The van der Waals surface area contributed by atoms with E-state index in [9.17, 15) is 9.59 Å². The van der Waals surface area contributed by atoms with Gasteiger partial charge in [0, 0.05) is 15.8 Å². The van der Waals surface area contributed by atoms with Gasteiger partial charge >= 0.3 is 0 Å². The third kappa shape index (κ3) is 7.29. The number of fused-ring (bicyclic) bond motifs is 1. The van der Waals surface area contributed by atoms with Crippen molar-refractivity contribution in [3.05, 3.63) is 64.1 Å². The lowest BCUT2D eigenvalue weighted by Gasteiger charge is -2.23. The van der Waals surface area contributed by atoms with Gasteiger partial charge in [-0.2, -0.15) is 0 Å². The van der Waals surface area contributed by atoms with Crippen LogP contribution in [0.15, 0.2) is 53.0 Å². The molecule has 0 bridgehead atoms. The summed E-state index contributed by atoms with van der Waals surface area (Å²) in [5.74, 6) is -0.560. The van der Waals surface area contributed by atoms with Crippen LogP contribution >= 0.6 is 15.9 Å². The minimum Gasteiger partial charge on any atom is -0.396 e. The number of amides is 2. The van der Waals surface area contributed by atoms with Crippen LogP contribution in [0, 0.1) is 5.92 Å². The van der Waals surface area contributed by atoms with E-state index in [-0.39, 0.29) is 18.4 Å². The highest BCUT2D eigenvalue weighted by atomic mass is 79.9. The van der Waals surface area contributed by atoms with Crippen LogP contribution in [0.1, 0.15) is 31.9 Å². The first-order valence-corrected chi connectivity index (χ1v) is 9.99. The number of hydrogen-bond donors (Lipinski definition) is 3. The molecule has 0 aliphatic carbocycles. The topological polar surface area (TPSA) is 78.4 Å². The molecule has 1 aliphatic heterocycles. The van der Waals surface area contributed by atoms with Crippen LogP contribution in [0.2, 0.25) is 0 Å². The molecule has 1 heterocycles. The van der Waals surface area contributed by atoms with E-state index in [2.05, 4.69) is 44.8 Å². The molecule has 28 heavy (non-hydrogen) atoms. The van der Waals surface area contributed by atoms with Gasteiger partial charge in [0.1, 0.15) is 0 Å². The number of benzene rings is 2. The summed E-state index contributed by atoms with van der Waals surface area (Å²) in [6.07, 6.45) is 5.22. The van der Waals surface area contributed by atoms with Crippen molar-refractivity contribution in [1.29, 1.82) is 0 Å². The molecule has 3 rings (SSSR count). The van der Waals surface area contributed by atoms with E-state index < -0.39 is 0 Å². The molecule has 0 saturated heterocycles. The summed E-state index contributed by atoms with van der Waals surface area (Å²) in [6.45, 7) is 5.86. The molecular weight excluding hydrogens is 420 g/mol. The first kappa shape index (κ1) is 23.6. The van der Waals surface area contributed by atoms with Gasteiger partial charge in [0.2, 0.25) is 12.3 Å². The van der Waals surface area contributed by atoms with Crippen molar-refractivity contribution in [3.8, 4) is 0 Å². The Kier molecular flexibility index (Phi) is 10.8. The Morgan fingerprint density at radius 3 is 2.46 bits per heavy atom. The normalized spacial score (nSPS) is 14.6. The van der Waals surface area contributed by atoms with Crippen molar-refractivity contribution < 1.29 is 14.7 Å². The Morgan fingerprint density at radius 1 is 1.21 bits per heavy atom. The first-order valence-electron chi connectivity index (χ1n) is 9.20. The second kappa shape index (κ2) is 12.9. The van der Waals surface area contributed by atoms with E-state index in [4.69, 9.17) is 5.11 Å². The zero-order chi connectivity index (χ0) is 20.9. The van der Waals surface area contributed by atoms with Crippen molar-refractivity contribution in [1.82, 2.24) is 0 Å². The molecule has 5 nitrogen and oxygen atoms in total. The molecular formula is C22H27BrN2O3. The number of rotatable bonds is 4. The predicted octanol–water partition coefficient (Wildman–Crippen LogP) is 4.87. The van der Waals surface area contributed by atoms with Crippen LogP contribution in [0.4, 0.5) is 11.4 Å². The van der Waals surface area contributed by atoms with E-state index in [1.54, 1.807) is 12.1 Å². The van der Waals surface area contributed by atoms with Crippen LogP contribution in [0.25, 0.3) is 6.08 Å². The number of allylic oxidation sites excluding steroid dienone is 1. The van der Waals surface area contributed by atoms with E-state index >= 15 is 0 Å². The number of aliphatic hydroxyl groups excluding tert-OH is 1. The van der Waals surface area contributed by atoms with Gasteiger partial charge in [-0.3, -0.25) is 9.59 Å². The fourth-order valence-electron chi connectivity index (χ4n) is 2.54. The van der Waals surface area contributed by atoms with Gasteiger partial charge in [-0.05, 0) is 48.7 Å². The van der Waals surface area contributed by atoms with Crippen molar-refractivity contribution in [2.75, 3.05) is 17.2 Å². The van der Waals surface area contributed by atoms with Crippen molar-refractivity contribution in [2.45, 2.75) is 27.2 Å². The van der Waals surface area contributed by atoms with Gasteiger partial charge in [-0.1, -0.05) is 60.1 Å². The monoisotopic (exact) mass is 446 g/mol. The molecule has 1 unspecified atom stereocenters. The summed E-state index contributed by atoms with van der Waals surface area (Å²) in [7, 11) is 0. The second-order valence-corrected chi connectivity index (χ2v) is 6.67. The van der Waals surface area contributed by atoms with E-state index in [1.165, 1.54) is 5.56 Å². The van der Waals surface area contributed by atoms with Crippen LogP contribution in [-0.2, 0) is 16.0 Å². The third-order valence-corrected chi connectivity index (χ3v) is 4.41.